The number of methoxy groups -OCH3 is 2. The molecule has 2 rings (SSSR count). The molecule has 2 aromatic carbocycles. The van der Waals surface area contributed by atoms with E-state index in [1.807, 2.05) is 18.2 Å². The van der Waals surface area contributed by atoms with Crippen molar-refractivity contribution < 1.29 is 18.6 Å². The summed E-state index contributed by atoms with van der Waals surface area (Å²) in [4.78, 5) is 0. The normalized spacial score (nSPS) is 10.3. The van der Waals surface area contributed by atoms with Gasteiger partial charge in [0.05, 0.1) is 13.7 Å². The molecular weight excluding hydrogens is 285 g/mol. The molecule has 0 atom stereocenters. The van der Waals surface area contributed by atoms with Crippen LogP contribution in [0.4, 0.5) is 10.1 Å². The van der Waals surface area contributed by atoms with Crippen molar-refractivity contribution >= 4 is 5.69 Å². The first-order chi connectivity index (χ1) is 10.7. The maximum Gasteiger partial charge on any atom is 0.161 e. The molecule has 0 aromatic heterocycles. The fraction of sp³-hybridized carbons (Fsp3) is 0.294. The highest BCUT2D eigenvalue weighted by atomic mass is 19.1. The van der Waals surface area contributed by atoms with E-state index in [2.05, 4.69) is 5.32 Å². The third-order valence-corrected chi connectivity index (χ3v) is 3.11. The van der Waals surface area contributed by atoms with Gasteiger partial charge in [-0.2, -0.15) is 0 Å². The van der Waals surface area contributed by atoms with Gasteiger partial charge in [0, 0.05) is 19.3 Å². The summed E-state index contributed by atoms with van der Waals surface area (Å²) in [5, 5.41) is 3.23. The highest BCUT2D eigenvalue weighted by molar-refractivity contribution is 5.46. The Bertz CT molecular complexity index is 587. The van der Waals surface area contributed by atoms with Crippen LogP contribution in [0.2, 0.25) is 0 Å². The van der Waals surface area contributed by atoms with Crippen LogP contribution < -0.4 is 14.8 Å². The number of hydrogen-bond donors (Lipinski definition) is 1. The highest BCUT2D eigenvalue weighted by Gasteiger charge is 2.06. The zero-order valence-electron chi connectivity index (χ0n) is 12.8. The first-order valence-corrected chi connectivity index (χ1v) is 7.01. The van der Waals surface area contributed by atoms with Crippen molar-refractivity contribution in [3.8, 4) is 11.5 Å². The molecule has 0 spiro atoms. The van der Waals surface area contributed by atoms with E-state index in [-0.39, 0.29) is 5.82 Å². The van der Waals surface area contributed by atoms with Crippen LogP contribution in [0.15, 0.2) is 42.5 Å². The summed E-state index contributed by atoms with van der Waals surface area (Å²) >= 11 is 0. The summed E-state index contributed by atoms with van der Waals surface area (Å²) in [5.41, 5.74) is 1.90. The molecule has 118 valence electrons. The maximum atomic E-state index is 12.9. The third kappa shape index (κ3) is 4.63. The Kier molecular flexibility index (Phi) is 6.03. The highest BCUT2D eigenvalue weighted by Crippen LogP contribution is 2.28. The van der Waals surface area contributed by atoms with E-state index in [0.717, 1.165) is 11.3 Å². The van der Waals surface area contributed by atoms with Gasteiger partial charge in [-0.25, -0.2) is 4.39 Å². The topological polar surface area (TPSA) is 39.7 Å². The molecule has 0 saturated carbocycles. The van der Waals surface area contributed by atoms with Crippen LogP contribution in [0.3, 0.4) is 0 Å². The molecule has 0 heterocycles. The van der Waals surface area contributed by atoms with E-state index in [9.17, 15) is 4.39 Å². The summed E-state index contributed by atoms with van der Waals surface area (Å²) in [6.45, 7) is 1.58. The summed E-state index contributed by atoms with van der Waals surface area (Å²) in [6.07, 6.45) is 0. The molecule has 22 heavy (non-hydrogen) atoms. The van der Waals surface area contributed by atoms with E-state index in [0.29, 0.717) is 31.3 Å². The van der Waals surface area contributed by atoms with Crippen molar-refractivity contribution in [1.82, 2.24) is 0 Å². The molecule has 5 heteroatoms. The molecule has 0 saturated heterocycles. The van der Waals surface area contributed by atoms with Gasteiger partial charge in [0.1, 0.15) is 12.4 Å². The van der Waals surface area contributed by atoms with Gasteiger partial charge < -0.3 is 19.5 Å². The third-order valence-electron chi connectivity index (χ3n) is 3.11. The van der Waals surface area contributed by atoms with Crippen molar-refractivity contribution in [1.29, 1.82) is 0 Å². The standard InChI is InChI=1S/C17H20FNO3/c1-20-9-10-22-17-11-13(3-8-16(17)21-2)12-19-15-6-4-14(18)5-7-15/h3-8,11,19H,9-10,12H2,1-2H3. The quantitative estimate of drug-likeness (QED) is 0.758. The van der Waals surface area contributed by atoms with E-state index in [1.54, 1.807) is 26.4 Å². The van der Waals surface area contributed by atoms with Crippen LogP contribution in [-0.2, 0) is 11.3 Å². The lowest BCUT2D eigenvalue weighted by atomic mass is 10.2. The molecule has 4 nitrogen and oxygen atoms in total. The second-order valence-electron chi connectivity index (χ2n) is 4.69. The number of hydrogen-bond acceptors (Lipinski definition) is 4. The molecule has 0 aliphatic heterocycles. The van der Waals surface area contributed by atoms with Crippen LogP contribution >= 0.6 is 0 Å². The largest absolute Gasteiger partial charge is 0.493 e. The Morgan fingerprint density at radius 3 is 2.41 bits per heavy atom. The SMILES string of the molecule is COCCOc1cc(CNc2ccc(F)cc2)ccc1OC. The average Bonchev–Trinajstić information content (AvgIpc) is 2.55. The van der Waals surface area contributed by atoms with Crippen molar-refractivity contribution in [2.45, 2.75) is 6.54 Å². The molecule has 0 unspecified atom stereocenters. The number of nitrogens with one attached hydrogen (secondary N) is 1. The molecular formula is C17H20FNO3. The lowest BCUT2D eigenvalue weighted by Gasteiger charge is -2.13. The fourth-order valence-electron chi connectivity index (χ4n) is 1.95. The van der Waals surface area contributed by atoms with Gasteiger partial charge in [0.15, 0.2) is 11.5 Å². The Morgan fingerprint density at radius 2 is 1.73 bits per heavy atom. The summed E-state index contributed by atoms with van der Waals surface area (Å²) < 4.78 is 28.8. The Balaban J connectivity index is 2.01. The summed E-state index contributed by atoms with van der Waals surface area (Å²) in [6, 6.07) is 12.0. The van der Waals surface area contributed by atoms with Crippen LogP contribution in [0.5, 0.6) is 11.5 Å². The lowest BCUT2D eigenvalue weighted by Crippen LogP contribution is -2.06. The Labute approximate surface area is 129 Å². The Morgan fingerprint density at radius 1 is 0.955 bits per heavy atom. The summed E-state index contributed by atoms with van der Waals surface area (Å²) in [7, 11) is 3.23. The monoisotopic (exact) mass is 305 g/mol. The van der Waals surface area contributed by atoms with Gasteiger partial charge in [-0.1, -0.05) is 6.07 Å². The van der Waals surface area contributed by atoms with Crippen molar-refractivity contribution in [2.24, 2.45) is 0 Å². The minimum atomic E-state index is -0.246. The number of ether oxygens (including phenoxy) is 3. The molecule has 1 N–H and O–H groups in total. The molecule has 0 aliphatic carbocycles. The van der Waals surface area contributed by atoms with E-state index >= 15 is 0 Å². The Hall–Kier alpha value is -2.27. The lowest BCUT2D eigenvalue weighted by molar-refractivity contribution is 0.144. The van der Waals surface area contributed by atoms with Crippen LogP contribution in [0, 0.1) is 5.82 Å². The van der Waals surface area contributed by atoms with E-state index < -0.39 is 0 Å². The number of benzene rings is 2. The minimum absolute atomic E-state index is 0.246. The predicted octanol–water partition coefficient (Wildman–Crippen LogP) is 3.47. The van der Waals surface area contributed by atoms with Crippen molar-refractivity contribution in [2.75, 3.05) is 32.8 Å². The van der Waals surface area contributed by atoms with Crippen LogP contribution in [0.25, 0.3) is 0 Å². The van der Waals surface area contributed by atoms with Gasteiger partial charge in [0.25, 0.3) is 0 Å². The predicted molar refractivity (Wildman–Crippen MR) is 84.1 cm³/mol. The smallest absolute Gasteiger partial charge is 0.161 e. The molecule has 0 fully saturated rings. The van der Waals surface area contributed by atoms with Crippen LogP contribution in [0.1, 0.15) is 5.56 Å². The minimum Gasteiger partial charge on any atom is -0.493 e. The van der Waals surface area contributed by atoms with Crippen molar-refractivity contribution in [3.63, 3.8) is 0 Å². The van der Waals surface area contributed by atoms with E-state index in [4.69, 9.17) is 14.2 Å². The molecule has 0 radical (unpaired) electrons. The number of halogens is 1. The fourth-order valence-corrected chi connectivity index (χ4v) is 1.95. The second kappa shape index (κ2) is 8.24. The van der Waals surface area contributed by atoms with Gasteiger partial charge >= 0.3 is 0 Å². The van der Waals surface area contributed by atoms with Gasteiger partial charge in [-0.3, -0.25) is 0 Å². The molecule has 0 bridgehead atoms. The van der Waals surface area contributed by atoms with E-state index in [1.165, 1.54) is 12.1 Å². The van der Waals surface area contributed by atoms with Gasteiger partial charge in [-0.15, -0.1) is 0 Å². The van der Waals surface area contributed by atoms with Crippen molar-refractivity contribution in [3.05, 3.63) is 53.8 Å². The molecule has 2 aromatic rings. The first kappa shape index (κ1) is 16.1. The average molecular weight is 305 g/mol. The van der Waals surface area contributed by atoms with Gasteiger partial charge in [0.2, 0.25) is 0 Å². The zero-order valence-corrected chi connectivity index (χ0v) is 12.8. The molecule has 0 aliphatic rings. The second-order valence-corrected chi connectivity index (χ2v) is 4.69. The maximum absolute atomic E-state index is 12.9. The first-order valence-electron chi connectivity index (χ1n) is 7.01. The zero-order chi connectivity index (χ0) is 15.8. The van der Waals surface area contributed by atoms with Crippen LogP contribution in [-0.4, -0.2) is 27.4 Å². The number of anilines is 1. The molecule has 0 amide bonds. The summed E-state index contributed by atoms with van der Waals surface area (Å²) in [5.74, 6) is 1.11. The van der Waals surface area contributed by atoms with Gasteiger partial charge in [-0.05, 0) is 42.0 Å². The number of rotatable bonds is 8.